The third kappa shape index (κ3) is 3.27. The molecule has 1 aliphatic heterocycles. The molecule has 1 amide bonds. The molecule has 1 saturated heterocycles. The molecule has 1 aromatic heterocycles. The fourth-order valence-corrected chi connectivity index (χ4v) is 3.26. The van der Waals surface area contributed by atoms with Gasteiger partial charge < -0.3 is 15.1 Å². The summed E-state index contributed by atoms with van der Waals surface area (Å²) in [5, 5.41) is 22.1. The van der Waals surface area contributed by atoms with Crippen LogP contribution < -0.4 is 0 Å². The van der Waals surface area contributed by atoms with Crippen molar-refractivity contribution >= 4 is 5.91 Å². The molecule has 24 heavy (non-hydrogen) atoms. The molecule has 0 bridgehead atoms. The zero-order valence-electron chi connectivity index (χ0n) is 13.0. The van der Waals surface area contributed by atoms with E-state index in [-0.39, 0.29) is 43.3 Å². The zero-order valence-corrected chi connectivity index (χ0v) is 13.0. The highest BCUT2D eigenvalue weighted by molar-refractivity contribution is 5.93. The van der Waals surface area contributed by atoms with Crippen LogP contribution in [0.5, 0.6) is 0 Å². The number of nitrogens with zero attached hydrogens (tertiary/aromatic N) is 3. The Hall–Kier alpha value is -1.61. The van der Waals surface area contributed by atoms with Crippen LogP contribution in [0, 0.1) is 11.8 Å². The van der Waals surface area contributed by atoms with Crippen LogP contribution in [0.1, 0.15) is 41.5 Å². The van der Waals surface area contributed by atoms with E-state index in [9.17, 15) is 23.1 Å². The largest absolute Gasteiger partial charge is 0.435 e. The van der Waals surface area contributed by atoms with Crippen LogP contribution in [0.2, 0.25) is 0 Å². The summed E-state index contributed by atoms with van der Waals surface area (Å²) in [6.07, 6.45) is -2.71. The van der Waals surface area contributed by atoms with Crippen molar-refractivity contribution in [2.24, 2.45) is 11.8 Å². The van der Waals surface area contributed by atoms with E-state index in [1.165, 1.54) is 9.58 Å². The zero-order chi connectivity index (χ0) is 17.5. The van der Waals surface area contributed by atoms with Crippen molar-refractivity contribution in [2.45, 2.75) is 31.5 Å². The quantitative estimate of drug-likeness (QED) is 0.842. The van der Waals surface area contributed by atoms with Gasteiger partial charge in [0.2, 0.25) is 0 Å². The van der Waals surface area contributed by atoms with Gasteiger partial charge in [0.15, 0.2) is 5.69 Å². The summed E-state index contributed by atoms with van der Waals surface area (Å²) >= 11 is 0. The maximum atomic E-state index is 12.9. The lowest BCUT2D eigenvalue weighted by atomic mass is 9.94. The van der Waals surface area contributed by atoms with Crippen LogP contribution in [-0.2, 0) is 6.18 Å². The molecule has 2 fully saturated rings. The first-order valence-electron chi connectivity index (χ1n) is 8.03. The molecular formula is C15H20F3N3O3. The molecule has 1 aliphatic carbocycles. The molecule has 0 radical (unpaired) electrons. The summed E-state index contributed by atoms with van der Waals surface area (Å²) in [7, 11) is 0. The van der Waals surface area contributed by atoms with Gasteiger partial charge in [-0.1, -0.05) is 0 Å². The first-order chi connectivity index (χ1) is 11.3. The Morgan fingerprint density at radius 2 is 1.92 bits per heavy atom. The van der Waals surface area contributed by atoms with E-state index >= 15 is 0 Å². The predicted octanol–water partition coefficient (Wildman–Crippen LogP) is 1.30. The summed E-state index contributed by atoms with van der Waals surface area (Å²) in [5.41, 5.74) is -1.10. The van der Waals surface area contributed by atoms with E-state index in [1.807, 2.05) is 0 Å². The molecule has 2 atom stereocenters. The Labute approximate surface area is 136 Å². The minimum atomic E-state index is -4.59. The van der Waals surface area contributed by atoms with Crippen molar-refractivity contribution in [3.05, 3.63) is 17.5 Å². The third-order valence-corrected chi connectivity index (χ3v) is 4.74. The number of aliphatic hydroxyl groups is 2. The van der Waals surface area contributed by atoms with Crippen molar-refractivity contribution in [1.29, 1.82) is 0 Å². The number of rotatable bonds is 5. The van der Waals surface area contributed by atoms with Gasteiger partial charge in [0.1, 0.15) is 5.69 Å². The molecule has 2 unspecified atom stereocenters. The standard InChI is InChI=1S/C15H20F3N3O3/c16-15(17,18)13-5-12(21(19-13)11-1-2-11)14(24)20-6-9(3-4-22)10(7-20)8-23/h5,9-11,22-23H,1-4,6-8H2. The van der Waals surface area contributed by atoms with Crippen LogP contribution in [0.4, 0.5) is 13.2 Å². The van der Waals surface area contributed by atoms with Crippen molar-refractivity contribution in [3.63, 3.8) is 0 Å². The molecule has 6 nitrogen and oxygen atoms in total. The molecule has 1 aromatic rings. The Bertz CT molecular complexity index is 613. The van der Waals surface area contributed by atoms with Gasteiger partial charge in [-0.2, -0.15) is 18.3 Å². The van der Waals surface area contributed by atoms with Gasteiger partial charge in [-0.05, 0) is 25.2 Å². The Kier molecular flexibility index (Phi) is 4.56. The van der Waals surface area contributed by atoms with Gasteiger partial charge in [0.05, 0.1) is 6.04 Å². The summed E-state index contributed by atoms with van der Waals surface area (Å²) in [6, 6.07) is 0.665. The van der Waals surface area contributed by atoms with E-state index in [2.05, 4.69) is 5.10 Å². The molecule has 0 aromatic carbocycles. The number of hydrogen-bond acceptors (Lipinski definition) is 4. The number of alkyl halides is 3. The highest BCUT2D eigenvalue weighted by Gasteiger charge is 2.41. The van der Waals surface area contributed by atoms with E-state index in [4.69, 9.17) is 5.11 Å². The molecule has 134 valence electrons. The minimum absolute atomic E-state index is 0.0498. The normalized spacial score (nSPS) is 24.6. The maximum Gasteiger partial charge on any atom is 0.435 e. The number of aromatic nitrogens is 2. The molecule has 3 rings (SSSR count). The topological polar surface area (TPSA) is 78.6 Å². The lowest BCUT2D eigenvalue weighted by Crippen LogP contribution is -2.31. The second-order valence-electron chi connectivity index (χ2n) is 6.51. The smallest absolute Gasteiger partial charge is 0.396 e. The number of carbonyl (C=O) groups excluding carboxylic acids is 1. The molecule has 2 heterocycles. The molecule has 9 heteroatoms. The number of aliphatic hydroxyl groups excluding tert-OH is 2. The maximum absolute atomic E-state index is 12.9. The van der Waals surface area contributed by atoms with Crippen LogP contribution in [-0.4, -0.2) is 57.1 Å². The number of hydrogen-bond donors (Lipinski definition) is 2. The van der Waals surface area contributed by atoms with Crippen LogP contribution >= 0.6 is 0 Å². The number of amides is 1. The average molecular weight is 347 g/mol. The average Bonchev–Trinajstić information content (AvgIpc) is 3.12. The highest BCUT2D eigenvalue weighted by atomic mass is 19.4. The summed E-state index contributed by atoms with van der Waals surface area (Å²) in [6.45, 7) is 0.421. The fourth-order valence-electron chi connectivity index (χ4n) is 3.26. The van der Waals surface area contributed by atoms with Crippen LogP contribution in [0.25, 0.3) is 0 Å². The van der Waals surface area contributed by atoms with E-state index in [1.54, 1.807) is 0 Å². The second kappa shape index (κ2) is 6.36. The molecular weight excluding hydrogens is 327 g/mol. The number of carbonyl (C=O) groups is 1. The van der Waals surface area contributed by atoms with Gasteiger partial charge in [-0.15, -0.1) is 0 Å². The van der Waals surface area contributed by atoms with Crippen LogP contribution in [0.15, 0.2) is 6.07 Å². The van der Waals surface area contributed by atoms with E-state index < -0.39 is 17.8 Å². The lowest BCUT2D eigenvalue weighted by molar-refractivity contribution is -0.141. The number of likely N-dealkylation sites (tertiary alicyclic amines) is 1. The Balaban J connectivity index is 1.83. The van der Waals surface area contributed by atoms with E-state index in [0.29, 0.717) is 25.8 Å². The first-order valence-corrected chi connectivity index (χ1v) is 8.03. The molecule has 2 aliphatic rings. The molecule has 2 N–H and O–H groups in total. The monoisotopic (exact) mass is 347 g/mol. The van der Waals surface area contributed by atoms with Gasteiger partial charge in [0, 0.05) is 38.3 Å². The summed E-state index contributed by atoms with van der Waals surface area (Å²) in [5.74, 6) is -0.715. The summed E-state index contributed by atoms with van der Waals surface area (Å²) in [4.78, 5) is 14.2. The Morgan fingerprint density at radius 1 is 1.25 bits per heavy atom. The number of halogens is 3. The highest BCUT2D eigenvalue weighted by Crippen LogP contribution is 2.38. The molecule has 1 saturated carbocycles. The van der Waals surface area contributed by atoms with Crippen molar-refractivity contribution in [1.82, 2.24) is 14.7 Å². The van der Waals surface area contributed by atoms with Gasteiger partial charge in [-0.25, -0.2) is 0 Å². The SMILES string of the molecule is O=C(c1cc(C(F)(F)F)nn1C1CC1)N1CC(CO)C(CCO)C1. The Morgan fingerprint density at radius 3 is 2.46 bits per heavy atom. The minimum Gasteiger partial charge on any atom is -0.396 e. The lowest BCUT2D eigenvalue weighted by Gasteiger charge is -2.17. The first kappa shape index (κ1) is 17.2. The van der Waals surface area contributed by atoms with Crippen molar-refractivity contribution < 1.29 is 28.2 Å². The van der Waals surface area contributed by atoms with E-state index in [0.717, 1.165) is 6.07 Å². The third-order valence-electron chi connectivity index (χ3n) is 4.74. The van der Waals surface area contributed by atoms with Crippen molar-refractivity contribution in [2.75, 3.05) is 26.3 Å². The fraction of sp³-hybridized carbons (Fsp3) is 0.733. The summed E-state index contributed by atoms with van der Waals surface area (Å²) < 4.78 is 40.0. The van der Waals surface area contributed by atoms with Gasteiger partial charge in [-0.3, -0.25) is 9.48 Å². The predicted molar refractivity (Wildman–Crippen MR) is 77.2 cm³/mol. The van der Waals surface area contributed by atoms with Crippen molar-refractivity contribution in [3.8, 4) is 0 Å². The second-order valence-corrected chi connectivity index (χ2v) is 6.51. The van der Waals surface area contributed by atoms with Gasteiger partial charge >= 0.3 is 6.18 Å². The van der Waals surface area contributed by atoms with Gasteiger partial charge in [0.25, 0.3) is 5.91 Å². The molecule has 0 spiro atoms. The van der Waals surface area contributed by atoms with Crippen LogP contribution in [0.3, 0.4) is 0 Å².